The molecular weight excluding hydrogens is 396 g/mol. The number of rotatable bonds is 9. The fourth-order valence-corrected chi connectivity index (χ4v) is 4.86. The van der Waals surface area contributed by atoms with E-state index in [0.717, 1.165) is 41.4 Å². The summed E-state index contributed by atoms with van der Waals surface area (Å²) >= 11 is 0. The average Bonchev–Trinajstić information content (AvgIpc) is 2.86. The molecule has 2 aromatic carbocycles. The number of benzene rings is 2. The zero-order valence-electron chi connectivity index (χ0n) is 21.0. The van der Waals surface area contributed by atoms with E-state index in [9.17, 15) is 0 Å². The van der Waals surface area contributed by atoms with Gasteiger partial charge in [-0.1, -0.05) is 107 Å². The summed E-state index contributed by atoms with van der Waals surface area (Å²) < 4.78 is 0. The van der Waals surface area contributed by atoms with Crippen LogP contribution in [0.15, 0.2) is 48.5 Å². The molecule has 1 fully saturated rings. The molecule has 0 saturated heterocycles. The first-order chi connectivity index (χ1) is 16.3. The molecular formula is C33H42. The molecule has 0 heterocycles. The van der Waals surface area contributed by atoms with E-state index >= 15 is 0 Å². The highest BCUT2D eigenvalue weighted by molar-refractivity contribution is 5.46. The lowest BCUT2D eigenvalue weighted by Gasteiger charge is -2.28. The average molecular weight is 439 g/mol. The first kappa shape index (κ1) is 25.2. The molecule has 0 nitrogen and oxygen atoms in total. The Bertz CT molecular complexity index is 916. The number of unbranched alkanes of at least 4 members (excludes halogenated alkanes) is 4. The Morgan fingerprint density at radius 3 is 1.73 bits per heavy atom. The molecule has 0 spiro atoms. The van der Waals surface area contributed by atoms with Crippen LogP contribution >= 0.6 is 0 Å². The van der Waals surface area contributed by atoms with Gasteiger partial charge in [0.25, 0.3) is 0 Å². The Morgan fingerprint density at radius 1 is 0.606 bits per heavy atom. The molecule has 0 radical (unpaired) electrons. The Balaban J connectivity index is 1.39. The second kappa shape index (κ2) is 14.7. The Labute approximate surface area is 203 Å². The highest BCUT2D eigenvalue weighted by Gasteiger charge is 2.20. The van der Waals surface area contributed by atoms with E-state index in [1.165, 1.54) is 76.2 Å². The summed E-state index contributed by atoms with van der Waals surface area (Å²) in [6.07, 6.45) is 17.6. The van der Waals surface area contributed by atoms with Gasteiger partial charge in [-0.15, -0.1) is 0 Å². The summed E-state index contributed by atoms with van der Waals surface area (Å²) in [7, 11) is 0. The number of aryl methyl sites for hydroxylation is 1. The summed E-state index contributed by atoms with van der Waals surface area (Å²) in [5.41, 5.74) is 4.66. The lowest BCUT2D eigenvalue weighted by molar-refractivity contribution is 0.249. The summed E-state index contributed by atoms with van der Waals surface area (Å²) in [5, 5.41) is 0. The summed E-state index contributed by atoms with van der Waals surface area (Å²) in [6.45, 7) is 4.46. The van der Waals surface area contributed by atoms with Gasteiger partial charge in [-0.05, 0) is 73.1 Å². The molecule has 1 aliphatic carbocycles. The molecule has 3 rings (SSSR count). The van der Waals surface area contributed by atoms with Crippen LogP contribution in [-0.2, 0) is 6.42 Å². The van der Waals surface area contributed by atoms with Crippen LogP contribution in [0.1, 0.15) is 113 Å². The van der Waals surface area contributed by atoms with Crippen molar-refractivity contribution in [3.63, 3.8) is 0 Å². The zero-order chi connectivity index (χ0) is 23.1. The fourth-order valence-electron chi connectivity index (χ4n) is 4.86. The number of hydrogen-bond acceptors (Lipinski definition) is 0. The summed E-state index contributed by atoms with van der Waals surface area (Å²) in [5.74, 6) is 14.9. The van der Waals surface area contributed by atoms with Crippen LogP contribution in [0, 0.1) is 35.5 Å². The van der Waals surface area contributed by atoms with Gasteiger partial charge in [-0.2, -0.15) is 0 Å². The second-order valence-corrected chi connectivity index (χ2v) is 9.85. The van der Waals surface area contributed by atoms with Crippen LogP contribution in [0.4, 0.5) is 0 Å². The van der Waals surface area contributed by atoms with Crippen LogP contribution < -0.4 is 0 Å². The molecule has 0 aromatic heterocycles. The van der Waals surface area contributed by atoms with Crippen molar-refractivity contribution in [2.24, 2.45) is 11.8 Å². The molecule has 1 saturated carbocycles. The van der Waals surface area contributed by atoms with Crippen LogP contribution in [-0.4, -0.2) is 0 Å². The third-order valence-electron chi connectivity index (χ3n) is 7.07. The van der Waals surface area contributed by atoms with Gasteiger partial charge in [0.15, 0.2) is 0 Å². The number of hydrogen-bond donors (Lipinski definition) is 0. The van der Waals surface area contributed by atoms with Crippen molar-refractivity contribution in [1.82, 2.24) is 0 Å². The maximum Gasteiger partial charge on any atom is 0.0249 e. The van der Waals surface area contributed by atoms with E-state index in [-0.39, 0.29) is 0 Å². The largest absolute Gasteiger partial charge is 0.0979 e. The van der Waals surface area contributed by atoms with Crippen molar-refractivity contribution in [3.8, 4) is 23.7 Å². The monoisotopic (exact) mass is 438 g/mol. The van der Waals surface area contributed by atoms with Crippen molar-refractivity contribution >= 4 is 0 Å². The van der Waals surface area contributed by atoms with Gasteiger partial charge in [-0.3, -0.25) is 0 Å². The molecule has 33 heavy (non-hydrogen) atoms. The molecule has 0 amide bonds. The molecule has 0 bridgehead atoms. The third-order valence-corrected chi connectivity index (χ3v) is 7.07. The first-order valence-electron chi connectivity index (χ1n) is 13.5. The van der Waals surface area contributed by atoms with E-state index in [1.807, 2.05) is 0 Å². The van der Waals surface area contributed by atoms with Crippen molar-refractivity contribution in [2.75, 3.05) is 0 Å². The van der Waals surface area contributed by atoms with E-state index in [2.05, 4.69) is 86.1 Å². The predicted molar refractivity (Wildman–Crippen MR) is 143 cm³/mol. The SMILES string of the molecule is CCCC#Cc1ccc(C#Cc2ccc(CC[C@H]3CC[C@H](CCCCCC)CC3)cc2)cc1. The Kier molecular flexibility index (Phi) is 11.2. The molecule has 0 atom stereocenters. The topological polar surface area (TPSA) is 0 Å². The Hall–Kier alpha value is -2.44. The van der Waals surface area contributed by atoms with Crippen molar-refractivity contribution in [3.05, 3.63) is 70.8 Å². The summed E-state index contributed by atoms with van der Waals surface area (Å²) in [6, 6.07) is 17.2. The van der Waals surface area contributed by atoms with Gasteiger partial charge in [0, 0.05) is 23.1 Å². The smallest absolute Gasteiger partial charge is 0.0249 e. The van der Waals surface area contributed by atoms with Crippen LogP contribution in [0.25, 0.3) is 0 Å². The van der Waals surface area contributed by atoms with Crippen LogP contribution in [0.3, 0.4) is 0 Å². The first-order valence-corrected chi connectivity index (χ1v) is 13.5. The standard InChI is InChI=1S/C33H42/c1-3-5-7-9-11-29-14-18-31(19-15-29)21-23-33-26-24-32(25-27-33)22-20-30-16-12-28(13-17-30)10-8-6-4-2/h12-13,16-17,24-27,29,31H,3-7,9,11,14-15,18-19,21,23H2,1-2H3/t29-,31-. The van der Waals surface area contributed by atoms with Crippen LogP contribution in [0.2, 0.25) is 0 Å². The minimum atomic E-state index is 0.936. The van der Waals surface area contributed by atoms with E-state index < -0.39 is 0 Å². The van der Waals surface area contributed by atoms with E-state index in [4.69, 9.17) is 0 Å². The third kappa shape index (κ3) is 9.52. The molecule has 1 aliphatic rings. The van der Waals surface area contributed by atoms with E-state index in [0.29, 0.717) is 0 Å². The predicted octanol–water partition coefficient (Wildman–Crippen LogP) is 8.95. The van der Waals surface area contributed by atoms with Crippen molar-refractivity contribution < 1.29 is 0 Å². The van der Waals surface area contributed by atoms with Crippen molar-refractivity contribution in [1.29, 1.82) is 0 Å². The zero-order valence-corrected chi connectivity index (χ0v) is 21.0. The lowest BCUT2D eigenvalue weighted by atomic mass is 9.77. The highest BCUT2D eigenvalue weighted by Crippen LogP contribution is 2.34. The molecule has 0 unspecified atom stereocenters. The van der Waals surface area contributed by atoms with Gasteiger partial charge in [0.1, 0.15) is 0 Å². The normalized spacial score (nSPS) is 17.5. The molecule has 0 heteroatoms. The minimum absolute atomic E-state index is 0.936. The second-order valence-electron chi connectivity index (χ2n) is 9.85. The van der Waals surface area contributed by atoms with Gasteiger partial charge in [0.05, 0.1) is 0 Å². The highest BCUT2D eigenvalue weighted by atomic mass is 14.3. The minimum Gasteiger partial charge on any atom is -0.0979 e. The van der Waals surface area contributed by atoms with Crippen LogP contribution in [0.5, 0.6) is 0 Å². The molecule has 0 aliphatic heterocycles. The lowest BCUT2D eigenvalue weighted by Crippen LogP contribution is -2.15. The molecule has 2 aromatic rings. The van der Waals surface area contributed by atoms with Crippen molar-refractivity contribution in [2.45, 2.75) is 97.3 Å². The van der Waals surface area contributed by atoms with E-state index in [1.54, 1.807) is 0 Å². The van der Waals surface area contributed by atoms with Gasteiger partial charge in [-0.25, -0.2) is 0 Å². The maximum atomic E-state index is 3.31. The Morgan fingerprint density at radius 2 is 1.15 bits per heavy atom. The molecule has 174 valence electrons. The molecule has 0 N–H and O–H groups in total. The maximum absolute atomic E-state index is 3.31. The van der Waals surface area contributed by atoms with Gasteiger partial charge in [0.2, 0.25) is 0 Å². The quantitative estimate of drug-likeness (QED) is 0.271. The summed E-state index contributed by atoms with van der Waals surface area (Å²) in [4.78, 5) is 0. The fraction of sp³-hybridized carbons (Fsp3) is 0.515. The van der Waals surface area contributed by atoms with Gasteiger partial charge < -0.3 is 0 Å². The van der Waals surface area contributed by atoms with Gasteiger partial charge >= 0.3 is 0 Å².